The Kier molecular flexibility index (Phi) is 6.62. The lowest BCUT2D eigenvalue weighted by molar-refractivity contribution is 0.0671. The molecular formula is C17H32N6O. The molecule has 24 heavy (non-hydrogen) atoms. The number of hydrogen-bond acceptors (Lipinski definition) is 4. The second-order valence-electron chi connectivity index (χ2n) is 6.80. The molecule has 2 unspecified atom stereocenters. The molecule has 2 rings (SSSR count). The van der Waals surface area contributed by atoms with Gasteiger partial charge in [-0.25, -0.2) is 4.99 Å². The van der Waals surface area contributed by atoms with Gasteiger partial charge in [-0.05, 0) is 39.3 Å². The van der Waals surface area contributed by atoms with Crippen LogP contribution in [0.1, 0.15) is 32.8 Å². The molecular weight excluding hydrogens is 304 g/mol. The van der Waals surface area contributed by atoms with Gasteiger partial charge in [0.05, 0.1) is 12.7 Å². The van der Waals surface area contributed by atoms with Gasteiger partial charge in [0, 0.05) is 38.4 Å². The van der Waals surface area contributed by atoms with Crippen molar-refractivity contribution in [2.24, 2.45) is 18.0 Å². The zero-order valence-electron chi connectivity index (χ0n) is 15.4. The Labute approximate surface area is 145 Å². The van der Waals surface area contributed by atoms with Gasteiger partial charge in [0.25, 0.3) is 0 Å². The third kappa shape index (κ3) is 5.21. The van der Waals surface area contributed by atoms with E-state index in [0.717, 1.165) is 37.7 Å². The first-order chi connectivity index (χ1) is 11.4. The third-order valence-corrected chi connectivity index (χ3v) is 4.59. The van der Waals surface area contributed by atoms with Crippen LogP contribution in [0.3, 0.4) is 0 Å². The normalized spacial score (nSPS) is 21.7. The van der Waals surface area contributed by atoms with Crippen molar-refractivity contribution in [2.75, 3.05) is 39.3 Å². The quantitative estimate of drug-likeness (QED) is 0.500. The lowest BCUT2D eigenvalue weighted by Gasteiger charge is -2.21. The summed E-state index contributed by atoms with van der Waals surface area (Å²) in [4.78, 5) is 7.04. The Balaban J connectivity index is 1.90. The van der Waals surface area contributed by atoms with Gasteiger partial charge in [-0.3, -0.25) is 4.68 Å². The largest absolute Gasteiger partial charge is 0.383 e. The summed E-state index contributed by atoms with van der Waals surface area (Å²) in [5, 5.41) is 21.4. The van der Waals surface area contributed by atoms with Crippen molar-refractivity contribution in [3.05, 3.63) is 18.0 Å². The van der Waals surface area contributed by atoms with Crippen molar-refractivity contribution in [3.8, 4) is 0 Å². The SMILES string of the molecule is CCNC(=NCC(C)(O)c1cnn(C)c1)NCC1CCN(CC)C1. The summed E-state index contributed by atoms with van der Waals surface area (Å²) < 4.78 is 1.69. The van der Waals surface area contributed by atoms with Crippen LogP contribution < -0.4 is 10.6 Å². The number of likely N-dealkylation sites (tertiary alicyclic amines) is 1. The highest BCUT2D eigenvalue weighted by molar-refractivity contribution is 5.79. The molecule has 2 atom stereocenters. The molecule has 7 heteroatoms. The molecule has 0 spiro atoms. The minimum Gasteiger partial charge on any atom is -0.383 e. The van der Waals surface area contributed by atoms with Crippen molar-refractivity contribution in [1.82, 2.24) is 25.3 Å². The molecule has 1 aromatic rings. The molecule has 136 valence electrons. The van der Waals surface area contributed by atoms with Crippen LogP contribution >= 0.6 is 0 Å². The van der Waals surface area contributed by atoms with Gasteiger partial charge in [0.2, 0.25) is 0 Å². The smallest absolute Gasteiger partial charge is 0.191 e. The van der Waals surface area contributed by atoms with Gasteiger partial charge in [0.1, 0.15) is 5.60 Å². The van der Waals surface area contributed by atoms with Gasteiger partial charge in [0.15, 0.2) is 5.96 Å². The number of nitrogens with one attached hydrogen (secondary N) is 2. The predicted octanol–water partition coefficient (Wildman–Crippen LogP) is 0.525. The van der Waals surface area contributed by atoms with Crippen LogP contribution in [0, 0.1) is 5.92 Å². The molecule has 0 radical (unpaired) electrons. The highest BCUT2D eigenvalue weighted by Gasteiger charge is 2.25. The summed E-state index contributed by atoms with van der Waals surface area (Å²) in [7, 11) is 1.84. The first-order valence-electron chi connectivity index (χ1n) is 8.90. The zero-order valence-corrected chi connectivity index (χ0v) is 15.4. The lowest BCUT2D eigenvalue weighted by atomic mass is 10.0. The van der Waals surface area contributed by atoms with Crippen molar-refractivity contribution in [1.29, 1.82) is 0 Å². The van der Waals surface area contributed by atoms with Crippen molar-refractivity contribution in [2.45, 2.75) is 32.8 Å². The molecule has 2 heterocycles. The van der Waals surface area contributed by atoms with Crippen LogP contribution in [0.25, 0.3) is 0 Å². The van der Waals surface area contributed by atoms with Crippen LogP contribution in [0.4, 0.5) is 0 Å². The van der Waals surface area contributed by atoms with Crippen molar-refractivity contribution >= 4 is 5.96 Å². The maximum Gasteiger partial charge on any atom is 0.191 e. The fourth-order valence-corrected chi connectivity index (χ4v) is 2.97. The minimum atomic E-state index is -1.02. The van der Waals surface area contributed by atoms with Gasteiger partial charge in [-0.15, -0.1) is 0 Å². The molecule has 1 aliphatic heterocycles. The van der Waals surface area contributed by atoms with Gasteiger partial charge >= 0.3 is 0 Å². The average molecular weight is 336 g/mol. The van der Waals surface area contributed by atoms with E-state index in [1.54, 1.807) is 17.8 Å². The van der Waals surface area contributed by atoms with E-state index in [-0.39, 0.29) is 0 Å². The minimum absolute atomic E-state index is 0.291. The fraction of sp³-hybridized carbons (Fsp3) is 0.765. The summed E-state index contributed by atoms with van der Waals surface area (Å²) in [6.45, 7) is 11.5. The average Bonchev–Trinajstić information content (AvgIpc) is 3.19. The van der Waals surface area contributed by atoms with E-state index in [0.29, 0.717) is 12.5 Å². The Morgan fingerprint density at radius 1 is 1.46 bits per heavy atom. The molecule has 7 nitrogen and oxygen atoms in total. The standard InChI is InChI=1S/C17H32N6O/c1-5-18-16(19-9-14-7-8-23(6-2)11-14)20-13-17(3,24)15-10-21-22(4)12-15/h10,12,14,24H,5-9,11,13H2,1-4H3,(H2,18,19,20). The summed E-state index contributed by atoms with van der Waals surface area (Å²) in [5.41, 5.74) is -0.248. The molecule has 0 aromatic carbocycles. The number of aromatic nitrogens is 2. The second kappa shape index (κ2) is 8.48. The topological polar surface area (TPSA) is 77.7 Å². The summed E-state index contributed by atoms with van der Waals surface area (Å²) in [6.07, 6.45) is 4.75. The number of aryl methyl sites for hydroxylation is 1. The molecule has 0 amide bonds. The molecule has 1 fully saturated rings. The zero-order chi connectivity index (χ0) is 17.6. The molecule has 3 N–H and O–H groups in total. The van der Waals surface area contributed by atoms with Crippen molar-refractivity contribution in [3.63, 3.8) is 0 Å². The molecule has 1 aliphatic rings. The molecule has 1 aromatic heterocycles. The number of rotatable bonds is 7. The number of aliphatic imine (C=N–C) groups is 1. The van der Waals surface area contributed by atoms with E-state index < -0.39 is 5.60 Å². The molecule has 0 bridgehead atoms. The van der Waals surface area contributed by atoms with Crippen LogP contribution in [-0.2, 0) is 12.6 Å². The molecule has 0 saturated carbocycles. The highest BCUT2D eigenvalue weighted by Crippen LogP contribution is 2.20. The van der Waals surface area contributed by atoms with Crippen molar-refractivity contribution < 1.29 is 5.11 Å². The maximum atomic E-state index is 10.6. The van der Waals surface area contributed by atoms with Gasteiger partial charge < -0.3 is 20.6 Å². The Morgan fingerprint density at radius 2 is 2.25 bits per heavy atom. The maximum absolute atomic E-state index is 10.6. The number of guanidine groups is 1. The summed E-state index contributed by atoms with van der Waals surface area (Å²) >= 11 is 0. The molecule has 1 saturated heterocycles. The Hall–Kier alpha value is -1.60. The first-order valence-corrected chi connectivity index (χ1v) is 8.90. The van der Waals surface area contributed by atoms with Crippen LogP contribution in [0.15, 0.2) is 17.4 Å². The van der Waals surface area contributed by atoms with E-state index in [4.69, 9.17) is 0 Å². The number of aliphatic hydroxyl groups is 1. The van der Waals surface area contributed by atoms with E-state index in [9.17, 15) is 5.11 Å². The first kappa shape index (κ1) is 18.7. The van der Waals surface area contributed by atoms with Gasteiger partial charge in [-0.1, -0.05) is 6.92 Å². The Bertz CT molecular complexity index is 539. The van der Waals surface area contributed by atoms with E-state index in [1.807, 2.05) is 20.2 Å². The van der Waals surface area contributed by atoms with Gasteiger partial charge in [-0.2, -0.15) is 5.10 Å². The van der Waals surface area contributed by atoms with Crippen LogP contribution in [0.2, 0.25) is 0 Å². The second-order valence-corrected chi connectivity index (χ2v) is 6.80. The Morgan fingerprint density at radius 3 is 2.83 bits per heavy atom. The fourth-order valence-electron chi connectivity index (χ4n) is 2.97. The van der Waals surface area contributed by atoms with Crippen LogP contribution in [-0.4, -0.2) is 65.0 Å². The number of hydrogen-bond donors (Lipinski definition) is 3. The van der Waals surface area contributed by atoms with Crippen LogP contribution in [0.5, 0.6) is 0 Å². The van der Waals surface area contributed by atoms with E-state index in [1.165, 1.54) is 13.0 Å². The number of nitrogens with zero attached hydrogens (tertiary/aromatic N) is 4. The third-order valence-electron chi connectivity index (χ3n) is 4.59. The monoisotopic (exact) mass is 336 g/mol. The van der Waals surface area contributed by atoms with E-state index >= 15 is 0 Å². The summed E-state index contributed by atoms with van der Waals surface area (Å²) in [5.74, 6) is 1.42. The highest BCUT2D eigenvalue weighted by atomic mass is 16.3. The lowest BCUT2D eigenvalue weighted by Crippen LogP contribution is -2.41. The van der Waals surface area contributed by atoms with E-state index in [2.05, 4.69) is 32.5 Å². The summed E-state index contributed by atoms with van der Waals surface area (Å²) in [6, 6.07) is 0. The molecule has 0 aliphatic carbocycles. The predicted molar refractivity (Wildman–Crippen MR) is 97.0 cm³/mol.